The predicted octanol–water partition coefficient (Wildman–Crippen LogP) is 0.903. The van der Waals surface area contributed by atoms with E-state index >= 15 is 0 Å². The van der Waals surface area contributed by atoms with E-state index < -0.39 is 30.0 Å². The summed E-state index contributed by atoms with van der Waals surface area (Å²) in [6.45, 7) is 0. The molecule has 1 aromatic heterocycles. The molecule has 21 heavy (non-hydrogen) atoms. The molecule has 0 radical (unpaired) electrons. The Morgan fingerprint density at radius 1 is 1.14 bits per heavy atom. The molecule has 0 aliphatic rings. The van der Waals surface area contributed by atoms with Crippen LogP contribution in [0.15, 0.2) is 46.5 Å². The summed E-state index contributed by atoms with van der Waals surface area (Å²) in [6, 6.07) is 4.50. The van der Waals surface area contributed by atoms with Gasteiger partial charge in [-0.3, -0.25) is 8.99 Å². The Morgan fingerprint density at radius 3 is 2.19 bits per heavy atom. The molecule has 0 N–H and O–H groups in total. The zero-order valence-corrected chi connectivity index (χ0v) is 12.8. The minimum absolute atomic E-state index is 0.226. The maximum Gasteiger partial charge on any atom is 0.333 e. The van der Waals surface area contributed by atoms with Crippen molar-refractivity contribution in [2.75, 3.05) is 11.4 Å². The summed E-state index contributed by atoms with van der Waals surface area (Å²) in [5.41, 5.74) is 0.226. The molecule has 2 rings (SSSR count). The quantitative estimate of drug-likeness (QED) is 0.776. The number of benzene rings is 1. The third kappa shape index (κ3) is 2.90. The Bertz CT molecular complexity index is 874. The highest BCUT2D eigenvalue weighted by molar-refractivity contribution is 7.94. The molecule has 0 unspecified atom stereocenters. The highest BCUT2D eigenvalue weighted by Gasteiger charge is 2.29. The van der Waals surface area contributed by atoms with Gasteiger partial charge in [-0.05, 0) is 12.1 Å². The van der Waals surface area contributed by atoms with Crippen molar-refractivity contribution in [3.05, 3.63) is 36.7 Å². The van der Waals surface area contributed by atoms with Crippen molar-refractivity contribution < 1.29 is 20.7 Å². The molecule has 2 aromatic rings. The van der Waals surface area contributed by atoms with Crippen LogP contribution in [0.4, 0.5) is 9.57 Å². The molecule has 7 nitrogen and oxygen atoms in total. The molecule has 114 valence electrons. The zero-order valence-electron chi connectivity index (χ0n) is 11.1. The van der Waals surface area contributed by atoms with E-state index in [1.54, 1.807) is 7.05 Å². The molecule has 0 bridgehead atoms. The number of halogens is 1. The fraction of sp³-hybridized carbons (Fsp3) is 0.182. The van der Waals surface area contributed by atoms with Crippen LogP contribution < -0.4 is 4.31 Å². The molecule has 0 atom stereocenters. The van der Waals surface area contributed by atoms with Gasteiger partial charge in [0.25, 0.3) is 10.0 Å². The number of aromatic nitrogens is 2. The van der Waals surface area contributed by atoms with Gasteiger partial charge in [-0.25, -0.2) is 8.42 Å². The number of nitrogens with zero attached hydrogens (tertiary/aromatic N) is 3. The van der Waals surface area contributed by atoms with Crippen molar-refractivity contribution in [1.82, 2.24) is 9.78 Å². The van der Waals surface area contributed by atoms with Gasteiger partial charge in [-0.2, -0.15) is 13.5 Å². The fourth-order valence-electron chi connectivity index (χ4n) is 1.72. The van der Waals surface area contributed by atoms with E-state index in [4.69, 9.17) is 0 Å². The summed E-state index contributed by atoms with van der Waals surface area (Å²) >= 11 is 0. The van der Waals surface area contributed by atoms with Crippen LogP contribution in [-0.2, 0) is 27.3 Å². The first kappa shape index (κ1) is 15.4. The second-order valence-corrected chi connectivity index (χ2v) is 7.48. The lowest BCUT2D eigenvalue weighted by molar-refractivity contribution is 0.546. The van der Waals surface area contributed by atoms with Crippen LogP contribution in [0.3, 0.4) is 0 Å². The SMILES string of the molecule is CN(c1cnn(C)c1)S(=O)(=O)c1ccccc1S(=O)(=O)F. The lowest BCUT2D eigenvalue weighted by atomic mass is 10.4. The Kier molecular flexibility index (Phi) is 3.76. The van der Waals surface area contributed by atoms with Gasteiger partial charge in [0.2, 0.25) is 0 Å². The predicted molar refractivity (Wildman–Crippen MR) is 73.5 cm³/mol. The van der Waals surface area contributed by atoms with Crippen LogP contribution in [0.1, 0.15) is 0 Å². The van der Waals surface area contributed by atoms with Gasteiger partial charge in [0.1, 0.15) is 9.79 Å². The van der Waals surface area contributed by atoms with Gasteiger partial charge in [0.05, 0.1) is 11.9 Å². The largest absolute Gasteiger partial charge is 0.333 e. The lowest BCUT2D eigenvalue weighted by Crippen LogP contribution is -2.27. The summed E-state index contributed by atoms with van der Waals surface area (Å²) in [5, 5.41) is 3.83. The van der Waals surface area contributed by atoms with Crippen LogP contribution in [0.5, 0.6) is 0 Å². The van der Waals surface area contributed by atoms with Crippen molar-refractivity contribution in [2.45, 2.75) is 9.79 Å². The monoisotopic (exact) mass is 333 g/mol. The summed E-state index contributed by atoms with van der Waals surface area (Å²) < 4.78 is 62.6. The van der Waals surface area contributed by atoms with E-state index in [2.05, 4.69) is 5.10 Å². The lowest BCUT2D eigenvalue weighted by Gasteiger charge is -2.18. The van der Waals surface area contributed by atoms with Gasteiger partial charge in [0, 0.05) is 20.3 Å². The van der Waals surface area contributed by atoms with E-state index in [9.17, 15) is 20.7 Å². The van der Waals surface area contributed by atoms with Gasteiger partial charge < -0.3 is 0 Å². The molecule has 1 aromatic carbocycles. The second kappa shape index (κ2) is 5.11. The van der Waals surface area contributed by atoms with Crippen LogP contribution in [0, 0.1) is 0 Å². The van der Waals surface area contributed by atoms with Crippen molar-refractivity contribution in [1.29, 1.82) is 0 Å². The topological polar surface area (TPSA) is 89.3 Å². The molecular weight excluding hydrogens is 321 g/mol. The Morgan fingerprint density at radius 2 is 1.71 bits per heavy atom. The molecule has 0 aliphatic heterocycles. The van der Waals surface area contributed by atoms with Crippen LogP contribution in [0.25, 0.3) is 0 Å². The Balaban J connectivity index is 2.61. The van der Waals surface area contributed by atoms with E-state index in [0.717, 1.165) is 16.4 Å². The Labute approximate surface area is 121 Å². The number of hydrogen-bond donors (Lipinski definition) is 0. The number of sulfonamides is 1. The van der Waals surface area contributed by atoms with Crippen LogP contribution in [-0.4, -0.2) is 33.7 Å². The first-order chi connectivity index (χ1) is 9.64. The number of aryl methyl sites for hydroxylation is 1. The first-order valence-electron chi connectivity index (χ1n) is 5.65. The number of anilines is 1. The average Bonchev–Trinajstić information content (AvgIpc) is 2.83. The molecule has 0 saturated heterocycles. The minimum Gasteiger partial charge on any atom is -0.274 e. The number of rotatable bonds is 4. The van der Waals surface area contributed by atoms with E-state index in [1.165, 1.54) is 36.3 Å². The van der Waals surface area contributed by atoms with E-state index in [0.29, 0.717) is 0 Å². The third-order valence-electron chi connectivity index (χ3n) is 2.81. The molecule has 10 heteroatoms. The zero-order chi connectivity index (χ0) is 15.8. The molecule has 0 spiro atoms. The first-order valence-corrected chi connectivity index (χ1v) is 8.47. The highest BCUT2D eigenvalue weighted by atomic mass is 32.3. The van der Waals surface area contributed by atoms with Crippen molar-refractivity contribution in [2.24, 2.45) is 7.05 Å². The summed E-state index contributed by atoms with van der Waals surface area (Å²) in [7, 11) is -6.55. The molecule has 0 amide bonds. The normalized spacial score (nSPS) is 12.3. The van der Waals surface area contributed by atoms with Crippen molar-refractivity contribution in [3.8, 4) is 0 Å². The van der Waals surface area contributed by atoms with Crippen molar-refractivity contribution in [3.63, 3.8) is 0 Å². The smallest absolute Gasteiger partial charge is 0.274 e. The molecular formula is C11H12FN3O4S2. The van der Waals surface area contributed by atoms with Gasteiger partial charge in [-0.15, -0.1) is 3.89 Å². The molecule has 1 heterocycles. The summed E-state index contributed by atoms with van der Waals surface area (Å²) in [4.78, 5) is -1.51. The van der Waals surface area contributed by atoms with Crippen molar-refractivity contribution >= 4 is 25.9 Å². The molecule has 0 aliphatic carbocycles. The maximum absolute atomic E-state index is 13.3. The van der Waals surface area contributed by atoms with E-state index in [1.807, 2.05) is 0 Å². The minimum atomic E-state index is -5.15. The van der Waals surface area contributed by atoms with Crippen LogP contribution in [0.2, 0.25) is 0 Å². The summed E-state index contributed by atoms with van der Waals surface area (Å²) in [6.07, 6.45) is 2.73. The standard InChI is InChI=1S/C11H12FN3O4S2/c1-14-8-9(7-13-14)15(2)21(18,19)11-6-4-3-5-10(11)20(12,16)17/h3-8H,1-2H3. The maximum atomic E-state index is 13.3. The van der Waals surface area contributed by atoms with Crippen LogP contribution >= 0.6 is 0 Å². The van der Waals surface area contributed by atoms with Gasteiger partial charge >= 0.3 is 10.2 Å². The number of hydrogen-bond acceptors (Lipinski definition) is 5. The fourth-order valence-corrected chi connectivity index (χ4v) is 4.13. The third-order valence-corrected chi connectivity index (χ3v) is 5.66. The highest BCUT2D eigenvalue weighted by Crippen LogP contribution is 2.27. The van der Waals surface area contributed by atoms with Gasteiger partial charge in [-0.1, -0.05) is 12.1 Å². The van der Waals surface area contributed by atoms with E-state index in [-0.39, 0.29) is 5.69 Å². The van der Waals surface area contributed by atoms with Gasteiger partial charge in [0.15, 0.2) is 0 Å². The Hall–Kier alpha value is -1.94. The summed E-state index contributed by atoms with van der Waals surface area (Å²) in [5.74, 6) is 0. The second-order valence-electron chi connectivity index (χ2n) is 4.23. The molecule has 0 fully saturated rings. The molecule has 0 saturated carbocycles. The average molecular weight is 333 g/mol.